The summed E-state index contributed by atoms with van der Waals surface area (Å²) in [4.78, 5) is 24.3. The molecular formula is C26H41BrO3. The maximum atomic E-state index is 12.4. The quantitative estimate of drug-likeness (QED) is 0.330. The number of hydrogen-bond acceptors (Lipinski definition) is 3. The average molecular weight is 482 g/mol. The van der Waals surface area contributed by atoms with Crippen LogP contribution in [0, 0.1) is 46.3 Å². The monoisotopic (exact) mass is 480 g/mol. The van der Waals surface area contributed by atoms with Gasteiger partial charge in [0.2, 0.25) is 0 Å². The first kappa shape index (κ1) is 22.8. The van der Waals surface area contributed by atoms with Gasteiger partial charge in [-0.25, -0.2) is 0 Å². The largest absolute Gasteiger partial charge is 0.466 e. The number of halogens is 1. The van der Waals surface area contributed by atoms with Crippen LogP contribution in [0.3, 0.4) is 0 Å². The van der Waals surface area contributed by atoms with E-state index < -0.39 is 0 Å². The maximum Gasteiger partial charge on any atom is 0.305 e. The van der Waals surface area contributed by atoms with Gasteiger partial charge in [0.05, 0.1) is 11.4 Å². The van der Waals surface area contributed by atoms with Gasteiger partial charge in [-0.3, -0.25) is 9.59 Å². The van der Waals surface area contributed by atoms with Crippen molar-refractivity contribution in [3.05, 3.63) is 0 Å². The number of esters is 1. The zero-order chi connectivity index (χ0) is 21.7. The van der Waals surface area contributed by atoms with Crippen LogP contribution >= 0.6 is 15.9 Å². The fourth-order valence-electron chi connectivity index (χ4n) is 8.85. The Balaban J connectivity index is 1.47. The van der Waals surface area contributed by atoms with Crippen molar-refractivity contribution in [3.8, 4) is 0 Å². The fraction of sp³-hybridized carbons (Fsp3) is 0.923. The number of ether oxygens (including phenoxy) is 1. The van der Waals surface area contributed by atoms with Crippen LogP contribution in [0.25, 0.3) is 0 Å². The fourth-order valence-corrected chi connectivity index (χ4v) is 9.94. The molecule has 30 heavy (non-hydrogen) atoms. The highest BCUT2D eigenvalue weighted by Crippen LogP contribution is 2.68. The summed E-state index contributed by atoms with van der Waals surface area (Å²) in [6.07, 6.45) is 11.3. The van der Waals surface area contributed by atoms with E-state index in [-0.39, 0.29) is 10.8 Å². The van der Waals surface area contributed by atoms with Gasteiger partial charge in [0, 0.05) is 12.8 Å². The van der Waals surface area contributed by atoms with Crippen molar-refractivity contribution in [2.24, 2.45) is 46.3 Å². The van der Waals surface area contributed by atoms with Crippen LogP contribution in [-0.2, 0) is 14.3 Å². The molecule has 0 aliphatic heterocycles. The molecule has 3 nitrogen and oxygen atoms in total. The molecule has 4 fully saturated rings. The first-order valence-corrected chi connectivity index (χ1v) is 13.5. The summed E-state index contributed by atoms with van der Waals surface area (Å²) in [5.41, 5.74) is 0.761. The third kappa shape index (κ3) is 3.61. The van der Waals surface area contributed by atoms with Gasteiger partial charge in [0.1, 0.15) is 5.78 Å². The van der Waals surface area contributed by atoms with Gasteiger partial charge in [-0.15, -0.1) is 0 Å². The number of carbonyl (C=O) groups is 2. The summed E-state index contributed by atoms with van der Waals surface area (Å²) >= 11 is 3.80. The van der Waals surface area contributed by atoms with Gasteiger partial charge in [-0.05, 0) is 105 Å². The van der Waals surface area contributed by atoms with Crippen LogP contribution in [0.15, 0.2) is 0 Å². The second-order valence-corrected chi connectivity index (χ2v) is 12.5. The predicted octanol–water partition coefficient (Wildman–Crippen LogP) is 6.57. The van der Waals surface area contributed by atoms with E-state index in [1.54, 1.807) is 0 Å². The van der Waals surface area contributed by atoms with Gasteiger partial charge in [0.25, 0.3) is 0 Å². The third-order valence-corrected chi connectivity index (χ3v) is 11.5. The van der Waals surface area contributed by atoms with Gasteiger partial charge in [0.15, 0.2) is 0 Å². The molecule has 0 aromatic carbocycles. The Bertz CT molecular complexity index is 677. The topological polar surface area (TPSA) is 43.4 Å². The Kier molecular flexibility index (Phi) is 6.48. The highest BCUT2D eigenvalue weighted by atomic mass is 79.9. The van der Waals surface area contributed by atoms with E-state index in [1.807, 2.05) is 6.92 Å². The first-order valence-electron chi connectivity index (χ1n) is 12.5. The predicted molar refractivity (Wildman–Crippen MR) is 123 cm³/mol. The van der Waals surface area contributed by atoms with E-state index in [0.717, 1.165) is 42.9 Å². The van der Waals surface area contributed by atoms with Gasteiger partial charge in [-0.2, -0.15) is 0 Å². The number of hydrogen-bond donors (Lipinski definition) is 0. The molecule has 4 heteroatoms. The molecule has 4 saturated carbocycles. The summed E-state index contributed by atoms with van der Waals surface area (Å²) in [6, 6.07) is 0. The zero-order valence-electron chi connectivity index (χ0n) is 19.4. The lowest BCUT2D eigenvalue weighted by Gasteiger charge is -2.61. The Morgan fingerprint density at radius 2 is 1.77 bits per heavy atom. The van der Waals surface area contributed by atoms with Crippen LogP contribution in [0.2, 0.25) is 0 Å². The number of carbonyl (C=O) groups excluding carboxylic acids is 2. The smallest absolute Gasteiger partial charge is 0.305 e. The molecule has 4 rings (SSSR count). The van der Waals surface area contributed by atoms with Crippen molar-refractivity contribution in [1.82, 2.24) is 0 Å². The highest BCUT2D eigenvalue weighted by molar-refractivity contribution is 9.10. The van der Waals surface area contributed by atoms with Crippen molar-refractivity contribution >= 4 is 27.7 Å². The lowest BCUT2D eigenvalue weighted by Crippen LogP contribution is -2.56. The molecular weight excluding hydrogens is 440 g/mol. The molecule has 0 heterocycles. The van der Waals surface area contributed by atoms with E-state index in [9.17, 15) is 9.59 Å². The Morgan fingerprint density at radius 3 is 2.50 bits per heavy atom. The number of Topliss-reactive ketones (excluding diaryl/α,β-unsaturated/α-hetero) is 1. The van der Waals surface area contributed by atoms with E-state index in [2.05, 4.69) is 36.7 Å². The van der Waals surface area contributed by atoms with E-state index in [4.69, 9.17) is 4.74 Å². The standard InChI is InChI=1S/C26H41BrO3/c1-5-30-23(29)11-6-16(2)18-9-10-19-17-7-8-21-24(27)22(28)13-15-26(21,4)20(17)12-14-25(18,19)3/h16-21,24H,5-15H2,1-4H3/t16?,17-,18+,19-,20-,21+,24-,25+,26+/m0/s1. The van der Waals surface area contributed by atoms with E-state index in [0.29, 0.717) is 41.5 Å². The molecule has 0 radical (unpaired) electrons. The summed E-state index contributed by atoms with van der Waals surface area (Å²) in [5, 5.41) is 0. The lowest BCUT2D eigenvalue weighted by atomic mass is 9.44. The van der Waals surface area contributed by atoms with Crippen LogP contribution in [-0.4, -0.2) is 23.2 Å². The maximum absolute atomic E-state index is 12.4. The van der Waals surface area contributed by atoms with Crippen molar-refractivity contribution in [2.75, 3.05) is 6.61 Å². The molecule has 0 N–H and O–H groups in total. The molecule has 0 spiro atoms. The summed E-state index contributed by atoms with van der Waals surface area (Å²) in [7, 11) is 0. The average Bonchev–Trinajstić information content (AvgIpc) is 3.07. The van der Waals surface area contributed by atoms with Crippen LogP contribution in [0.1, 0.15) is 91.9 Å². The minimum Gasteiger partial charge on any atom is -0.466 e. The number of fused-ring (bicyclic) bond motifs is 5. The summed E-state index contributed by atoms with van der Waals surface area (Å²) in [5.74, 6) is 4.72. The summed E-state index contributed by atoms with van der Waals surface area (Å²) < 4.78 is 5.17. The number of rotatable bonds is 5. The number of alkyl halides is 1. The van der Waals surface area contributed by atoms with Gasteiger partial charge >= 0.3 is 5.97 Å². The molecule has 170 valence electrons. The van der Waals surface area contributed by atoms with E-state index >= 15 is 0 Å². The molecule has 4 aliphatic carbocycles. The Morgan fingerprint density at radius 1 is 1.07 bits per heavy atom. The first-order chi connectivity index (χ1) is 14.2. The van der Waals surface area contributed by atoms with Gasteiger partial charge < -0.3 is 4.74 Å². The minimum absolute atomic E-state index is 0.0322. The molecule has 0 aromatic heterocycles. The molecule has 9 atom stereocenters. The molecule has 0 bridgehead atoms. The van der Waals surface area contributed by atoms with Crippen LogP contribution in [0.4, 0.5) is 0 Å². The Labute approximate surface area is 191 Å². The molecule has 0 aromatic rings. The van der Waals surface area contributed by atoms with Gasteiger partial charge in [-0.1, -0.05) is 36.7 Å². The lowest BCUT2D eigenvalue weighted by molar-refractivity contribution is -0.143. The minimum atomic E-state index is -0.0322. The summed E-state index contributed by atoms with van der Waals surface area (Å²) in [6.45, 7) is 9.85. The zero-order valence-corrected chi connectivity index (χ0v) is 21.0. The second kappa shape index (κ2) is 8.52. The number of ketones is 1. The van der Waals surface area contributed by atoms with Crippen molar-refractivity contribution in [2.45, 2.75) is 96.7 Å². The highest BCUT2D eigenvalue weighted by Gasteiger charge is 2.61. The molecule has 0 saturated heterocycles. The third-order valence-electron chi connectivity index (χ3n) is 10.4. The van der Waals surface area contributed by atoms with Crippen molar-refractivity contribution in [1.29, 1.82) is 0 Å². The molecule has 0 amide bonds. The normalized spacial score (nSPS) is 46.5. The molecule has 4 aliphatic rings. The second-order valence-electron chi connectivity index (χ2n) is 11.5. The molecule has 1 unspecified atom stereocenters. The van der Waals surface area contributed by atoms with Crippen LogP contribution in [0.5, 0.6) is 0 Å². The van der Waals surface area contributed by atoms with E-state index in [1.165, 1.54) is 38.5 Å². The van der Waals surface area contributed by atoms with Crippen LogP contribution < -0.4 is 0 Å². The SMILES string of the molecule is CCOC(=O)CCC(C)[C@H]1CC[C@H]2[C@@H]3CC[C@@H]4[C@H](Br)C(=O)CC[C@]4(C)[C@H]3CC[C@]12C. The Hall–Kier alpha value is -0.380. The van der Waals surface area contributed by atoms with Crippen molar-refractivity contribution < 1.29 is 14.3 Å². The van der Waals surface area contributed by atoms with Crippen molar-refractivity contribution in [3.63, 3.8) is 0 Å².